The topological polar surface area (TPSA) is 166 Å². The fourth-order valence-electron chi connectivity index (χ4n) is 5.72. The highest BCUT2D eigenvalue weighted by molar-refractivity contribution is 6.38. The summed E-state index contributed by atoms with van der Waals surface area (Å²) in [6, 6.07) is -3.94. The molecule has 0 radical (unpaired) electrons. The molecule has 6 amide bonds. The van der Waals surface area contributed by atoms with Gasteiger partial charge in [0.05, 0.1) is 18.6 Å². The minimum Gasteiger partial charge on any atom is -0.448 e. The van der Waals surface area contributed by atoms with Gasteiger partial charge < -0.3 is 35.8 Å². The van der Waals surface area contributed by atoms with E-state index < -0.39 is 65.2 Å². The number of nitrogens with one attached hydrogen (secondary N) is 4. The molecule has 13 nitrogen and oxygen atoms in total. The number of hydrogen-bond donors (Lipinski definition) is 4. The third kappa shape index (κ3) is 11.7. The SMILES string of the molecule is C=CCNC(=O)C(=O)C(CCCC)NC(=O)[C@@H]1CC(C=C(C)C)CN1C(=O)[C@@H](NC(=O)N[C@H](CN1CCOC1=O)C(C)C)C(C)(C)C. The Bertz CT molecular complexity index is 1190. The van der Waals surface area contributed by atoms with Crippen molar-refractivity contribution >= 4 is 35.6 Å². The Labute approximate surface area is 279 Å². The van der Waals surface area contributed by atoms with Gasteiger partial charge in [0.2, 0.25) is 17.6 Å². The highest BCUT2D eigenvalue weighted by Crippen LogP contribution is 2.30. The van der Waals surface area contributed by atoms with Crippen molar-refractivity contribution in [1.29, 1.82) is 0 Å². The molecule has 0 spiro atoms. The van der Waals surface area contributed by atoms with E-state index in [0.717, 1.165) is 12.0 Å². The number of ketones is 1. The standard InChI is InChI=1S/C34H56N6O7/c1-10-12-13-24(27(41)30(43)35-14-11-2)36-29(42)26-18-23(17-21(3)4)19-40(26)31(44)28(34(7,8)9)38-32(45)37-25(22(5)6)20-39-15-16-47-33(39)46/h11,17,22-26,28H,2,10,12-16,18-20H2,1,3-9H3,(H,35,43)(H,36,42)(H2,37,38,45)/t23?,24?,25-,26+,28-/m1/s1. The van der Waals surface area contributed by atoms with Crippen LogP contribution in [0.3, 0.4) is 0 Å². The van der Waals surface area contributed by atoms with Crippen LogP contribution in [0.4, 0.5) is 9.59 Å². The maximum Gasteiger partial charge on any atom is 0.410 e. The molecule has 264 valence electrons. The predicted octanol–water partition coefficient (Wildman–Crippen LogP) is 2.91. The van der Waals surface area contributed by atoms with Gasteiger partial charge in [-0.05, 0) is 43.9 Å². The van der Waals surface area contributed by atoms with Crippen molar-refractivity contribution in [2.45, 2.75) is 105 Å². The number of cyclic esters (lactones) is 1. The minimum absolute atomic E-state index is 0.0170. The first kappa shape index (κ1) is 39.3. The lowest BCUT2D eigenvalue weighted by molar-refractivity contribution is -0.143. The number of urea groups is 1. The molecular formula is C34H56N6O7. The summed E-state index contributed by atoms with van der Waals surface area (Å²) in [7, 11) is 0. The second-order valence-corrected chi connectivity index (χ2v) is 14.1. The Morgan fingerprint density at radius 2 is 1.77 bits per heavy atom. The number of Topliss-reactive ketones (excluding diaryl/α,β-unsaturated/α-hetero) is 1. The van der Waals surface area contributed by atoms with Crippen LogP contribution >= 0.6 is 0 Å². The summed E-state index contributed by atoms with van der Waals surface area (Å²) in [6.45, 7) is 20.1. The van der Waals surface area contributed by atoms with E-state index in [4.69, 9.17) is 4.74 Å². The van der Waals surface area contributed by atoms with Gasteiger partial charge in [-0.3, -0.25) is 19.2 Å². The van der Waals surface area contributed by atoms with Crippen LogP contribution in [0, 0.1) is 17.3 Å². The van der Waals surface area contributed by atoms with Gasteiger partial charge in [-0.2, -0.15) is 0 Å². The van der Waals surface area contributed by atoms with Crippen LogP contribution in [-0.2, 0) is 23.9 Å². The quantitative estimate of drug-likeness (QED) is 0.146. The normalized spacial score (nSPS) is 19.7. The van der Waals surface area contributed by atoms with Crippen LogP contribution in [0.2, 0.25) is 0 Å². The lowest BCUT2D eigenvalue weighted by Gasteiger charge is -2.36. The van der Waals surface area contributed by atoms with E-state index in [1.165, 1.54) is 15.9 Å². The molecule has 2 saturated heterocycles. The van der Waals surface area contributed by atoms with Gasteiger partial charge in [0.1, 0.15) is 18.7 Å². The molecule has 0 saturated carbocycles. The molecule has 2 heterocycles. The first-order valence-electron chi connectivity index (χ1n) is 16.7. The van der Waals surface area contributed by atoms with Crippen LogP contribution in [-0.4, -0.2) is 102 Å². The van der Waals surface area contributed by atoms with E-state index in [1.54, 1.807) is 0 Å². The van der Waals surface area contributed by atoms with Crippen LogP contribution in [0.25, 0.3) is 0 Å². The van der Waals surface area contributed by atoms with Crippen molar-refractivity contribution in [3.63, 3.8) is 0 Å². The van der Waals surface area contributed by atoms with Crippen molar-refractivity contribution < 1.29 is 33.5 Å². The lowest BCUT2D eigenvalue weighted by Crippen LogP contribution is -2.61. The summed E-state index contributed by atoms with van der Waals surface area (Å²) < 4.78 is 5.02. The molecule has 0 aromatic rings. The minimum atomic E-state index is -1.05. The number of hydrogen-bond acceptors (Lipinski definition) is 7. The number of carbonyl (C=O) groups excluding carboxylic acids is 6. The Kier molecular flexibility index (Phi) is 14.9. The molecule has 2 aliphatic rings. The summed E-state index contributed by atoms with van der Waals surface area (Å²) in [5.74, 6) is -2.65. The molecule has 5 atom stereocenters. The van der Waals surface area contributed by atoms with Gasteiger partial charge in [-0.25, -0.2) is 9.59 Å². The van der Waals surface area contributed by atoms with Gasteiger partial charge in [-0.1, -0.05) is 72.1 Å². The molecule has 13 heteroatoms. The molecule has 0 bridgehead atoms. The van der Waals surface area contributed by atoms with E-state index in [1.807, 2.05) is 61.5 Å². The smallest absolute Gasteiger partial charge is 0.410 e. The number of ether oxygens (including phenoxy) is 1. The molecule has 0 aromatic carbocycles. The van der Waals surface area contributed by atoms with Crippen LogP contribution < -0.4 is 21.3 Å². The second-order valence-electron chi connectivity index (χ2n) is 14.1. The number of nitrogens with zero attached hydrogens (tertiary/aromatic N) is 2. The van der Waals surface area contributed by atoms with Crippen molar-refractivity contribution in [2.24, 2.45) is 17.3 Å². The Morgan fingerprint density at radius 3 is 2.30 bits per heavy atom. The average molecular weight is 661 g/mol. The van der Waals surface area contributed by atoms with Gasteiger partial charge >= 0.3 is 12.1 Å². The summed E-state index contributed by atoms with van der Waals surface area (Å²) >= 11 is 0. The van der Waals surface area contributed by atoms with Gasteiger partial charge in [0.15, 0.2) is 0 Å². The predicted molar refractivity (Wildman–Crippen MR) is 179 cm³/mol. The number of allylic oxidation sites excluding steroid dienone is 1. The van der Waals surface area contributed by atoms with E-state index >= 15 is 0 Å². The van der Waals surface area contributed by atoms with E-state index in [2.05, 4.69) is 27.8 Å². The molecule has 2 unspecified atom stereocenters. The third-order valence-corrected chi connectivity index (χ3v) is 8.37. The zero-order valence-corrected chi connectivity index (χ0v) is 29.4. The summed E-state index contributed by atoms with van der Waals surface area (Å²) in [5, 5.41) is 11.0. The first-order chi connectivity index (χ1) is 22.0. The van der Waals surface area contributed by atoms with Crippen molar-refractivity contribution in [3.05, 3.63) is 24.3 Å². The molecule has 0 aliphatic carbocycles. The second kappa shape index (κ2) is 17.9. The number of amides is 6. The van der Waals surface area contributed by atoms with E-state index in [-0.39, 0.29) is 37.9 Å². The third-order valence-electron chi connectivity index (χ3n) is 8.37. The molecular weight excluding hydrogens is 604 g/mol. The summed E-state index contributed by atoms with van der Waals surface area (Å²) in [4.78, 5) is 82.1. The lowest BCUT2D eigenvalue weighted by atomic mass is 9.85. The maximum absolute atomic E-state index is 14.3. The molecule has 2 fully saturated rings. The van der Waals surface area contributed by atoms with Crippen molar-refractivity contribution in [2.75, 3.05) is 32.8 Å². The van der Waals surface area contributed by atoms with Crippen LogP contribution in [0.5, 0.6) is 0 Å². The average Bonchev–Trinajstić information content (AvgIpc) is 3.60. The molecule has 2 aliphatic heterocycles. The molecule has 4 N–H and O–H groups in total. The molecule has 2 rings (SSSR count). The number of carbonyl (C=O) groups is 6. The summed E-state index contributed by atoms with van der Waals surface area (Å²) in [6.07, 6.45) is 5.01. The first-order valence-corrected chi connectivity index (χ1v) is 16.7. The highest BCUT2D eigenvalue weighted by Gasteiger charge is 2.45. The van der Waals surface area contributed by atoms with E-state index in [0.29, 0.717) is 26.0 Å². The van der Waals surface area contributed by atoms with Gasteiger partial charge in [0.25, 0.3) is 5.91 Å². The monoisotopic (exact) mass is 660 g/mol. The largest absolute Gasteiger partial charge is 0.448 e. The van der Waals surface area contributed by atoms with Gasteiger partial charge in [0, 0.05) is 19.6 Å². The van der Waals surface area contributed by atoms with E-state index in [9.17, 15) is 28.8 Å². The zero-order valence-electron chi connectivity index (χ0n) is 29.4. The molecule has 47 heavy (non-hydrogen) atoms. The highest BCUT2D eigenvalue weighted by atomic mass is 16.6. The van der Waals surface area contributed by atoms with Crippen LogP contribution in [0.15, 0.2) is 24.3 Å². The molecule has 0 aromatic heterocycles. The van der Waals surface area contributed by atoms with Crippen molar-refractivity contribution in [1.82, 2.24) is 31.1 Å². The Balaban J connectivity index is 2.31. The number of rotatable bonds is 16. The fraction of sp³-hybridized carbons (Fsp3) is 0.706. The zero-order chi connectivity index (χ0) is 35.5. The van der Waals surface area contributed by atoms with Gasteiger partial charge in [-0.15, -0.1) is 6.58 Å². The Hall–Kier alpha value is -3.90. The summed E-state index contributed by atoms with van der Waals surface area (Å²) in [5.41, 5.74) is 0.295. The van der Waals surface area contributed by atoms with Crippen molar-refractivity contribution in [3.8, 4) is 0 Å². The Morgan fingerprint density at radius 1 is 1.09 bits per heavy atom. The van der Waals surface area contributed by atoms with Crippen LogP contribution in [0.1, 0.15) is 81.1 Å². The number of unbranched alkanes of at least 4 members (excludes halogenated alkanes) is 1. The number of likely N-dealkylation sites (tertiary alicyclic amines) is 1. The maximum atomic E-state index is 14.3. The fourth-order valence-corrected chi connectivity index (χ4v) is 5.72.